The molecule has 0 amide bonds. The number of fused-ring (bicyclic) bond motifs is 1. The first-order valence-electron chi connectivity index (χ1n) is 6.76. The third-order valence-corrected chi connectivity index (χ3v) is 4.70. The largest absolute Gasteiger partial charge is 0.492 e. The Balaban J connectivity index is 1.82. The zero-order valence-corrected chi connectivity index (χ0v) is 13.4. The van der Waals surface area contributed by atoms with Crippen LogP contribution in [0.15, 0.2) is 28.7 Å². The van der Waals surface area contributed by atoms with Crippen molar-refractivity contribution >= 4 is 15.9 Å². The minimum Gasteiger partial charge on any atom is -0.492 e. The second kappa shape index (κ2) is 5.58. The number of aryl methyl sites for hydroxylation is 2. The fourth-order valence-corrected chi connectivity index (χ4v) is 3.04. The molecule has 0 spiro atoms. The van der Waals surface area contributed by atoms with Gasteiger partial charge in [0.05, 0.1) is 15.9 Å². The zero-order valence-electron chi connectivity index (χ0n) is 11.8. The molecule has 4 nitrogen and oxygen atoms in total. The number of benzene rings is 1. The predicted octanol–water partition coefficient (Wildman–Crippen LogP) is 2.89. The lowest BCUT2D eigenvalue weighted by Crippen LogP contribution is -2.26. The van der Waals surface area contributed by atoms with Crippen LogP contribution >= 0.6 is 15.9 Å². The van der Waals surface area contributed by atoms with E-state index in [1.165, 1.54) is 11.3 Å². The number of halogens is 1. The van der Waals surface area contributed by atoms with Crippen molar-refractivity contribution in [3.8, 4) is 5.75 Å². The summed E-state index contributed by atoms with van der Waals surface area (Å²) in [5, 5.41) is 4.46. The molecule has 0 N–H and O–H groups in total. The monoisotopic (exact) mass is 335 g/mol. The summed E-state index contributed by atoms with van der Waals surface area (Å²) in [5.74, 6) is 1.01. The lowest BCUT2D eigenvalue weighted by molar-refractivity contribution is 0.215. The molecule has 1 aliphatic rings. The molecule has 0 saturated heterocycles. The topological polar surface area (TPSA) is 30.3 Å². The Hall–Kier alpha value is -1.33. The highest BCUT2D eigenvalue weighted by Crippen LogP contribution is 2.26. The Morgan fingerprint density at radius 3 is 2.90 bits per heavy atom. The normalized spacial score (nSPS) is 15.6. The van der Waals surface area contributed by atoms with Crippen LogP contribution in [0.1, 0.15) is 17.0 Å². The van der Waals surface area contributed by atoms with Crippen LogP contribution in [0.4, 0.5) is 0 Å². The SMILES string of the molecule is Cc1nn(C)c(CN2CCOc3ccccc3C2)c1Br. The highest BCUT2D eigenvalue weighted by molar-refractivity contribution is 9.10. The third kappa shape index (κ3) is 2.60. The van der Waals surface area contributed by atoms with Crippen LogP contribution in [0.25, 0.3) is 0 Å². The molecule has 0 atom stereocenters. The van der Waals surface area contributed by atoms with E-state index in [-0.39, 0.29) is 0 Å². The Labute approximate surface area is 127 Å². The predicted molar refractivity (Wildman–Crippen MR) is 81.7 cm³/mol. The van der Waals surface area contributed by atoms with Crippen molar-refractivity contribution in [3.63, 3.8) is 0 Å². The fourth-order valence-electron chi connectivity index (χ4n) is 2.58. The number of hydrogen-bond donors (Lipinski definition) is 0. The maximum atomic E-state index is 5.81. The molecule has 1 aliphatic heterocycles. The summed E-state index contributed by atoms with van der Waals surface area (Å²) in [6.07, 6.45) is 0. The van der Waals surface area contributed by atoms with Gasteiger partial charge >= 0.3 is 0 Å². The standard InChI is InChI=1S/C15H18BrN3O/c1-11-15(16)13(18(2)17-11)10-19-7-8-20-14-6-4-3-5-12(14)9-19/h3-6H,7-10H2,1-2H3. The summed E-state index contributed by atoms with van der Waals surface area (Å²) < 4.78 is 8.87. The molecule has 0 fully saturated rings. The molecule has 1 aromatic heterocycles. The molecule has 106 valence electrons. The van der Waals surface area contributed by atoms with E-state index >= 15 is 0 Å². The summed E-state index contributed by atoms with van der Waals surface area (Å²) in [6.45, 7) is 5.45. The van der Waals surface area contributed by atoms with Gasteiger partial charge in [-0.2, -0.15) is 5.10 Å². The molecule has 0 saturated carbocycles. The summed E-state index contributed by atoms with van der Waals surface area (Å²) in [4.78, 5) is 2.40. The minimum absolute atomic E-state index is 0.728. The van der Waals surface area contributed by atoms with Crippen LogP contribution in [-0.4, -0.2) is 27.8 Å². The van der Waals surface area contributed by atoms with Crippen LogP contribution in [-0.2, 0) is 20.1 Å². The maximum Gasteiger partial charge on any atom is 0.123 e. The number of nitrogens with zero attached hydrogens (tertiary/aromatic N) is 3. The maximum absolute atomic E-state index is 5.81. The van der Waals surface area contributed by atoms with Gasteiger partial charge in [-0.1, -0.05) is 18.2 Å². The Morgan fingerprint density at radius 2 is 2.15 bits per heavy atom. The molecule has 3 rings (SSSR count). The first-order chi connectivity index (χ1) is 9.65. The second-order valence-electron chi connectivity index (χ2n) is 5.14. The third-order valence-electron chi connectivity index (χ3n) is 3.67. The van der Waals surface area contributed by atoms with Gasteiger partial charge in [0, 0.05) is 32.2 Å². The first-order valence-corrected chi connectivity index (χ1v) is 7.55. The van der Waals surface area contributed by atoms with Gasteiger partial charge in [-0.05, 0) is 28.9 Å². The Kier molecular flexibility index (Phi) is 3.81. The molecular weight excluding hydrogens is 318 g/mol. The Bertz CT molecular complexity index is 624. The van der Waals surface area contributed by atoms with E-state index in [1.807, 2.05) is 30.8 Å². The summed E-state index contributed by atoms with van der Waals surface area (Å²) in [5.41, 5.74) is 3.50. The summed E-state index contributed by atoms with van der Waals surface area (Å²) >= 11 is 3.64. The number of ether oxygens (including phenoxy) is 1. The Morgan fingerprint density at radius 1 is 1.35 bits per heavy atom. The summed E-state index contributed by atoms with van der Waals surface area (Å²) in [6, 6.07) is 8.27. The molecule has 5 heteroatoms. The van der Waals surface area contributed by atoms with Crippen molar-refractivity contribution in [1.82, 2.24) is 14.7 Å². The van der Waals surface area contributed by atoms with E-state index in [1.54, 1.807) is 0 Å². The van der Waals surface area contributed by atoms with Gasteiger partial charge in [0.15, 0.2) is 0 Å². The van der Waals surface area contributed by atoms with Crippen LogP contribution in [0.3, 0.4) is 0 Å². The van der Waals surface area contributed by atoms with Gasteiger partial charge in [-0.3, -0.25) is 9.58 Å². The van der Waals surface area contributed by atoms with Crippen LogP contribution < -0.4 is 4.74 Å². The number of para-hydroxylation sites is 1. The first kappa shape index (κ1) is 13.6. The molecule has 1 aromatic carbocycles. The molecular formula is C15H18BrN3O. The van der Waals surface area contributed by atoms with Crippen LogP contribution in [0.2, 0.25) is 0 Å². The van der Waals surface area contributed by atoms with E-state index in [9.17, 15) is 0 Å². The second-order valence-corrected chi connectivity index (χ2v) is 5.93. The highest BCUT2D eigenvalue weighted by atomic mass is 79.9. The molecule has 20 heavy (non-hydrogen) atoms. The van der Waals surface area contributed by atoms with E-state index in [2.05, 4.69) is 38.1 Å². The van der Waals surface area contributed by atoms with Gasteiger partial charge in [0.1, 0.15) is 12.4 Å². The number of rotatable bonds is 2. The van der Waals surface area contributed by atoms with Crippen molar-refractivity contribution in [2.24, 2.45) is 7.05 Å². The number of aromatic nitrogens is 2. The van der Waals surface area contributed by atoms with Crippen LogP contribution in [0, 0.1) is 6.92 Å². The molecule has 0 unspecified atom stereocenters. The molecule has 0 aliphatic carbocycles. The van der Waals surface area contributed by atoms with Crippen molar-refractivity contribution < 1.29 is 4.74 Å². The molecule has 2 heterocycles. The summed E-state index contributed by atoms with van der Waals surface area (Å²) in [7, 11) is 2.00. The molecule has 2 aromatic rings. The van der Waals surface area contributed by atoms with Gasteiger partial charge in [-0.15, -0.1) is 0 Å². The fraction of sp³-hybridized carbons (Fsp3) is 0.400. The molecule has 0 radical (unpaired) electrons. The average Bonchev–Trinajstić information content (AvgIpc) is 2.62. The van der Waals surface area contributed by atoms with E-state index in [0.29, 0.717) is 0 Å². The van der Waals surface area contributed by atoms with E-state index in [0.717, 1.165) is 42.2 Å². The molecule has 0 bridgehead atoms. The van der Waals surface area contributed by atoms with E-state index < -0.39 is 0 Å². The van der Waals surface area contributed by atoms with Crippen molar-refractivity contribution in [3.05, 3.63) is 45.7 Å². The van der Waals surface area contributed by atoms with Gasteiger partial charge in [-0.25, -0.2) is 0 Å². The van der Waals surface area contributed by atoms with Gasteiger partial charge in [0.2, 0.25) is 0 Å². The van der Waals surface area contributed by atoms with Gasteiger partial charge in [0.25, 0.3) is 0 Å². The average molecular weight is 336 g/mol. The van der Waals surface area contributed by atoms with Gasteiger partial charge < -0.3 is 4.74 Å². The van der Waals surface area contributed by atoms with Crippen LogP contribution in [0.5, 0.6) is 5.75 Å². The lowest BCUT2D eigenvalue weighted by Gasteiger charge is -2.19. The minimum atomic E-state index is 0.728. The van der Waals surface area contributed by atoms with Crippen molar-refractivity contribution in [2.45, 2.75) is 20.0 Å². The zero-order chi connectivity index (χ0) is 14.1. The van der Waals surface area contributed by atoms with Crippen molar-refractivity contribution in [2.75, 3.05) is 13.2 Å². The number of hydrogen-bond acceptors (Lipinski definition) is 3. The highest BCUT2D eigenvalue weighted by Gasteiger charge is 2.18. The smallest absolute Gasteiger partial charge is 0.123 e. The van der Waals surface area contributed by atoms with Crippen molar-refractivity contribution in [1.29, 1.82) is 0 Å². The quantitative estimate of drug-likeness (QED) is 0.845. The van der Waals surface area contributed by atoms with E-state index in [4.69, 9.17) is 4.74 Å². The lowest BCUT2D eigenvalue weighted by atomic mass is 10.2.